The molecule has 1 atom stereocenters. The van der Waals surface area contributed by atoms with Crippen molar-refractivity contribution in [1.29, 1.82) is 0 Å². The maximum absolute atomic E-state index is 13.2. The van der Waals surface area contributed by atoms with Crippen molar-refractivity contribution in [3.63, 3.8) is 0 Å². The number of benzene rings is 2. The Labute approximate surface area is 133 Å². The first-order valence-electron chi connectivity index (χ1n) is 6.90. The van der Waals surface area contributed by atoms with E-state index in [0.29, 0.717) is 6.61 Å². The third-order valence-electron chi connectivity index (χ3n) is 3.39. The number of nitrogens with one attached hydrogen (secondary N) is 1. The van der Waals surface area contributed by atoms with E-state index >= 15 is 0 Å². The molecule has 4 heteroatoms. The lowest BCUT2D eigenvalue weighted by atomic mass is 10.1. The van der Waals surface area contributed by atoms with Crippen LogP contribution in [0.15, 0.2) is 46.9 Å². The van der Waals surface area contributed by atoms with E-state index in [1.54, 1.807) is 13.2 Å². The maximum Gasteiger partial charge on any atom is 0.124 e. The van der Waals surface area contributed by atoms with Gasteiger partial charge >= 0.3 is 0 Å². The molecule has 112 valence electrons. The van der Waals surface area contributed by atoms with Crippen LogP contribution in [0.5, 0.6) is 0 Å². The summed E-state index contributed by atoms with van der Waals surface area (Å²) in [5.74, 6) is -0.238. The van der Waals surface area contributed by atoms with Gasteiger partial charge in [0.25, 0.3) is 0 Å². The first-order chi connectivity index (χ1) is 10.1. The van der Waals surface area contributed by atoms with Gasteiger partial charge in [0.05, 0.1) is 6.61 Å². The van der Waals surface area contributed by atoms with E-state index < -0.39 is 0 Å². The van der Waals surface area contributed by atoms with E-state index in [4.69, 9.17) is 4.74 Å². The second kappa shape index (κ2) is 7.57. The molecule has 0 amide bonds. The Balaban J connectivity index is 2.17. The summed E-state index contributed by atoms with van der Waals surface area (Å²) in [5, 5.41) is 3.49. The highest BCUT2D eigenvalue weighted by atomic mass is 79.9. The number of hydrogen-bond acceptors (Lipinski definition) is 2. The smallest absolute Gasteiger partial charge is 0.124 e. The largest absolute Gasteiger partial charge is 0.384 e. The Morgan fingerprint density at radius 1 is 1.24 bits per heavy atom. The highest BCUT2D eigenvalue weighted by Gasteiger charge is 2.11. The van der Waals surface area contributed by atoms with Crippen molar-refractivity contribution in [3.05, 3.63) is 63.9 Å². The van der Waals surface area contributed by atoms with Gasteiger partial charge in [0.2, 0.25) is 0 Å². The van der Waals surface area contributed by atoms with Crippen LogP contribution in [-0.4, -0.2) is 13.7 Å². The number of anilines is 1. The number of halogens is 2. The molecule has 21 heavy (non-hydrogen) atoms. The summed E-state index contributed by atoms with van der Waals surface area (Å²) in [6.45, 7) is 2.75. The van der Waals surface area contributed by atoms with Gasteiger partial charge in [-0.3, -0.25) is 0 Å². The fourth-order valence-electron chi connectivity index (χ4n) is 2.25. The second-order valence-corrected chi connectivity index (χ2v) is 5.79. The Morgan fingerprint density at radius 2 is 2.00 bits per heavy atom. The predicted octanol–water partition coefficient (Wildman–Crippen LogP) is 4.95. The number of para-hydroxylation sites is 1. The molecule has 2 aromatic rings. The van der Waals surface area contributed by atoms with Crippen LogP contribution in [0.1, 0.15) is 24.1 Å². The molecule has 1 N–H and O–H groups in total. The molecule has 0 spiro atoms. The molecular formula is C17H19BrFNO. The SMILES string of the molecule is COCCc1ccccc1NC(C)c1ccc(F)cc1Br. The van der Waals surface area contributed by atoms with Crippen LogP contribution in [0.4, 0.5) is 10.1 Å². The minimum atomic E-state index is -0.238. The summed E-state index contributed by atoms with van der Waals surface area (Å²) in [4.78, 5) is 0. The molecule has 0 aliphatic heterocycles. The van der Waals surface area contributed by atoms with Gasteiger partial charge in [-0.05, 0) is 42.7 Å². The van der Waals surface area contributed by atoms with Crippen molar-refractivity contribution < 1.29 is 9.13 Å². The zero-order valence-corrected chi connectivity index (χ0v) is 13.8. The fourth-order valence-corrected chi connectivity index (χ4v) is 2.95. The third-order valence-corrected chi connectivity index (χ3v) is 4.08. The lowest BCUT2D eigenvalue weighted by Gasteiger charge is -2.19. The molecule has 0 fully saturated rings. The Morgan fingerprint density at radius 3 is 2.71 bits per heavy atom. The Kier molecular flexibility index (Phi) is 5.76. The first-order valence-corrected chi connectivity index (χ1v) is 7.69. The molecule has 2 aromatic carbocycles. The van der Waals surface area contributed by atoms with Gasteiger partial charge in [0.1, 0.15) is 5.82 Å². The lowest BCUT2D eigenvalue weighted by Crippen LogP contribution is -2.10. The normalized spacial score (nSPS) is 12.2. The number of hydrogen-bond donors (Lipinski definition) is 1. The zero-order valence-electron chi connectivity index (χ0n) is 12.2. The predicted molar refractivity (Wildman–Crippen MR) is 88.2 cm³/mol. The van der Waals surface area contributed by atoms with E-state index in [9.17, 15) is 4.39 Å². The van der Waals surface area contributed by atoms with Crippen LogP contribution in [0.2, 0.25) is 0 Å². The van der Waals surface area contributed by atoms with Gasteiger partial charge in [0, 0.05) is 23.3 Å². The van der Waals surface area contributed by atoms with Crippen molar-refractivity contribution >= 4 is 21.6 Å². The zero-order chi connectivity index (χ0) is 15.2. The van der Waals surface area contributed by atoms with Crippen molar-refractivity contribution in [2.24, 2.45) is 0 Å². The number of methoxy groups -OCH3 is 1. The quantitative estimate of drug-likeness (QED) is 0.794. The molecule has 0 aliphatic carbocycles. The number of ether oxygens (including phenoxy) is 1. The molecule has 0 radical (unpaired) electrons. The average molecular weight is 352 g/mol. The summed E-state index contributed by atoms with van der Waals surface area (Å²) in [7, 11) is 1.70. The summed E-state index contributed by atoms with van der Waals surface area (Å²) < 4.78 is 19.1. The molecule has 0 saturated heterocycles. The first kappa shape index (κ1) is 16.0. The second-order valence-electron chi connectivity index (χ2n) is 4.93. The summed E-state index contributed by atoms with van der Waals surface area (Å²) in [6, 6.07) is 13.0. The van der Waals surface area contributed by atoms with Gasteiger partial charge in [0.15, 0.2) is 0 Å². The van der Waals surface area contributed by atoms with Crippen molar-refractivity contribution in [2.75, 3.05) is 19.0 Å². The van der Waals surface area contributed by atoms with E-state index in [1.807, 2.05) is 12.1 Å². The molecule has 2 nitrogen and oxygen atoms in total. The van der Waals surface area contributed by atoms with Crippen molar-refractivity contribution in [1.82, 2.24) is 0 Å². The summed E-state index contributed by atoms with van der Waals surface area (Å²) in [5.41, 5.74) is 3.32. The molecule has 0 heterocycles. The van der Waals surface area contributed by atoms with Gasteiger partial charge in [-0.15, -0.1) is 0 Å². The Hall–Kier alpha value is -1.39. The van der Waals surface area contributed by atoms with E-state index in [2.05, 4.69) is 40.3 Å². The Bertz CT molecular complexity index is 603. The highest BCUT2D eigenvalue weighted by Crippen LogP contribution is 2.28. The summed E-state index contributed by atoms with van der Waals surface area (Å²) >= 11 is 3.42. The minimum Gasteiger partial charge on any atom is -0.384 e. The molecule has 0 aromatic heterocycles. The minimum absolute atomic E-state index is 0.0728. The maximum atomic E-state index is 13.2. The molecule has 0 saturated carbocycles. The van der Waals surface area contributed by atoms with Crippen molar-refractivity contribution in [2.45, 2.75) is 19.4 Å². The molecule has 0 aliphatic rings. The van der Waals surface area contributed by atoms with Gasteiger partial charge < -0.3 is 10.1 Å². The molecule has 1 unspecified atom stereocenters. The van der Waals surface area contributed by atoms with Gasteiger partial charge in [-0.25, -0.2) is 4.39 Å². The molecule has 0 bridgehead atoms. The summed E-state index contributed by atoms with van der Waals surface area (Å²) in [6.07, 6.45) is 0.858. The van der Waals surface area contributed by atoms with E-state index in [-0.39, 0.29) is 11.9 Å². The van der Waals surface area contributed by atoms with Crippen LogP contribution >= 0.6 is 15.9 Å². The van der Waals surface area contributed by atoms with Crippen LogP contribution in [0, 0.1) is 5.82 Å². The van der Waals surface area contributed by atoms with Gasteiger partial charge in [-0.1, -0.05) is 40.2 Å². The van der Waals surface area contributed by atoms with Crippen molar-refractivity contribution in [3.8, 4) is 0 Å². The van der Waals surface area contributed by atoms with Crippen LogP contribution in [-0.2, 0) is 11.2 Å². The molecular weight excluding hydrogens is 333 g/mol. The van der Waals surface area contributed by atoms with Gasteiger partial charge in [-0.2, -0.15) is 0 Å². The van der Waals surface area contributed by atoms with Crippen LogP contribution in [0.3, 0.4) is 0 Å². The average Bonchev–Trinajstić information content (AvgIpc) is 2.46. The van der Waals surface area contributed by atoms with Crippen LogP contribution < -0.4 is 5.32 Å². The van der Waals surface area contributed by atoms with Crippen LogP contribution in [0.25, 0.3) is 0 Å². The topological polar surface area (TPSA) is 21.3 Å². The molecule has 2 rings (SSSR count). The highest BCUT2D eigenvalue weighted by molar-refractivity contribution is 9.10. The monoisotopic (exact) mass is 351 g/mol. The number of rotatable bonds is 6. The lowest BCUT2D eigenvalue weighted by molar-refractivity contribution is 0.202. The van der Waals surface area contributed by atoms with E-state index in [0.717, 1.165) is 22.1 Å². The van der Waals surface area contributed by atoms with E-state index in [1.165, 1.54) is 17.7 Å². The standard InChI is InChI=1S/C17H19BrFNO/c1-12(15-8-7-14(19)11-16(15)18)20-17-6-4-3-5-13(17)9-10-21-2/h3-8,11-12,20H,9-10H2,1-2H3. The third kappa shape index (κ3) is 4.29. The fraction of sp³-hybridized carbons (Fsp3) is 0.294.